The van der Waals surface area contributed by atoms with Crippen LogP contribution in [0.3, 0.4) is 0 Å². The number of fused-ring (bicyclic) bond motifs is 1. The van der Waals surface area contributed by atoms with Crippen LogP contribution in [0.25, 0.3) is 0 Å². The van der Waals surface area contributed by atoms with Crippen LogP contribution in [0.1, 0.15) is 21.6 Å². The Morgan fingerprint density at radius 2 is 2.33 bits per heavy atom. The Labute approximate surface area is 93.2 Å². The van der Waals surface area contributed by atoms with Gasteiger partial charge in [0.2, 0.25) is 6.79 Å². The van der Waals surface area contributed by atoms with E-state index in [-0.39, 0.29) is 12.8 Å². The van der Waals surface area contributed by atoms with Crippen molar-refractivity contribution in [1.82, 2.24) is 5.32 Å². The van der Waals surface area contributed by atoms with Crippen molar-refractivity contribution in [3.8, 4) is 11.5 Å². The fraction of sp³-hybridized carbons (Fsp3) is 0.500. The van der Waals surface area contributed by atoms with Gasteiger partial charge >= 0.3 is 0 Å². The van der Waals surface area contributed by atoms with Crippen molar-refractivity contribution in [2.24, 2.45) is 0 Å². The molecule has 82 valence electrons. The zero-order chi connectivity index (χ0) is 12.3. The summed E-state index contributed by atoms with van der Waals surface area (Å²) in [4.78, 5) is 0. The van der Waals surface area contributed by atoms with Crippen LogP contribution in [0.15, 0.2) is 18.2 Å². The molecule has 0 bridgehead atoms. The smallest absolute Gasteiger partial charge is 0.231 e. The van der Waals surface area contributed by atoms with Crippen molar-refractivity contribution < 1.29 is 12.2 Å². The van der Waals surface area contributed by atoms with E-state index in [1.54, 1.807) is 0 Å². The Hall–Kier alpha value is -1.22. The third-order valence-electron chi connectivity index (χ3n) is 2.65. The molecule has 0 aromatic heterocycles. The highest BCUT2D eigenvalue weighted by Gasteiger charge is 2.14. The van der Waals surface area contributed by atoms with E-state index < -0.39 is 7.00 Å². The summed E-state index contributed by atoms with van der Waals surface area (Å²) >= 11 is 0. The molecular formula is C12H17NO2. The number of nitrogens with one attached hydrogen (secondary N) is 1. The molecule has 2 rings (SSSR count). The fourth-order valence-electron chi connectivity index (χ4n) is 1.67. The molecule has 0 fully saturated rings. The van der Waals surface area contributed by atoms with Gasteiger partial charge in [-0.2, -0.15) is 0 Å². The maximum atomic E-state index is 7.21. The summed E-state index contributed by atoms with van der Waals surface area (Å²) in [6.07, 6.45) is 1.68. The summed E-state index contributed by atoms with van der Waals surface area (Å²) < 4.78 is 25.0. The summed E-state index contributed by atoms with van der Waals surface area (Å²) in [5.74, 6) is 1.57. The van der Waals surface area contributed by atoms with Crippen LogP contribution in [0.5, 0.6) is 11.5 Å². The van der Waals surface area contributed by atoms with E-state index in [1.165, 1.54) is 0 Å². The maximum absolute atomic E-state index is 7.21. The number of benzene rings is 1. The fourth-order valence-corrected chi connectivity index (χ4v) is 1.67. The third-order valence-corrected chi connectivity index (χ3v) is 2.65. The molecule has 1 N–H and O–H groups in total. The van der Waals surface area contributed by atoms with Gasteiger partial charge in [0.1, 0.15) is 0 Å². The van der Waals surface area contributed by atoms with Gasteiger partial charge in [-0.05, 0) is 37.5 Å². The molecule has 15 heavy (non-hydrogen) atoms. The van der Waals surface area contributed by atoms with Crippen LogP contribution >= 0.6 is 0 Å². The van der Waals surface area contributed by atoms with Gasteiger partial charge < -0.3 is 14.8 Å². The molecule has 1 aliphatic heterocycles. The van der Waals surface area contributed by atoms with E-state index in [0.717, 1.165) is 29.9 Å². The van der Waals surface area contributed by atoms with E-state index in [4.69, 9.17) is 12.2 Å². The van der Waals surface area contributed by atoms with Crippen molar-refractivity contribution in [2.75, 3.05) is 13.8 Å². The lowest BCUT2D eigenvalue weighted by Gasteiger charge is -2.13. The summed E-state index contributed by atoms with van der Waals surface area (Å²) in [6.45, 7) is 1.36. The molecule has 1 aliphatic rings. The molecule has 0 saturated carbocycles. The Kier molecular flexibility index (Phi) is 2.42. The molecule has 0 radical (unpaired) electrons. The van der Waals surface area contributed by atoms with Crippen molar-refractivity contribution in [2.45, 2.75) is 25.8 Å². The molecule has 0 amide bonds. The summed E-state index contributed by atoms with van der Waals surface area (Å²) in [6, 6.07) is 6.02. The van der Waals surface area contributed by atoms with Gasteiger partial charge in [0.25, 0.3) is 0 Å². The number of hydrogen-bond acceptors (Lipinski definition) is 3. The van der Waals surface area contributed by atoms with Gasteiger partial charge in [-0.15, -0.1) is 0 Å². The molecule has 1 unspecified atom stereocenters. The second kappa shape index (κ2) is 4.53. The molecule has 0 aliphatic carbocycles. The average Bonchev–Trinajstić information content (AvgIpc) is 2.74. The molecule has 3 nitrogen and oxygen atoms in total. The maximum Gasteiger partial charge on any atom is 0.231 e. The number of ether oxygens (including phenoxy) is 2. The zero-order valence-corrected chi connectivity index (χ0v) is 8.82. The van der Waals surface area contributed by atoms with Crippen molar-refractivity contribution in [3.05, 3.63) is 23.8 Å². The Morgan fingerprint density at radius 1 is 1.47 bits per heavy atom. The largest absolute Gasteiger partial charge is 0.454 e. The molecule has 1 aromatic rings. The van der Waals surface area contributed by atoms with Crippen molar-refractivity contribution in [3.63, 3.8) is 0 Å². The predicted octanol–water partition coefficient (Wildman–Crippen LogP) is 1.96. The highest BCUT2D eigenvalue weighted by molar-refractivity contribution is 5.44. The molecule has 1 atom stereocenters. The minimum absolute atomic E-state index is 0.148. The molecule has 0 saturated heterocycles. The second-order valence-electron chi connectivity index (χ2n) is 3.66. The lowest BCUT2D eigenvalue weighted by atomic mass is 10.0. The van der Waals surface area contributed by atoms with Gasteiger partial charge in [-0.3, -0.25) is 0 Å². The van der Waals surface area contributed by atoms with Crippen LogP contribution < -0.4 is 14.8 Å². The normalized spacial score (nSPS) is 17.5. The summed E-state index contributed by atoms with van der Waals surface area (Å²) in [5, 5.41) is 2.91. The van der Waals surface area contributed by atoms with E-state index >= 15 is 0 Å². The van der Waals surface area contributed by atoms with E-state index in [9.17, 15) is 0 Å². The van der Waals surface area contributed by atoms with Crippen LogP contribution in [0.4, 0.5) is 0 Å². The van der Waals surface area contributed by atoms with Crippen molar-refractivity contribution in [1.29, 1.82) is 0 Å². The zero-order valence-electron chi connectivity index (χ0n) is 10.8. The van der Waals surface area contributed by atoms with Gasteiger partial charge in [0.15, 0.2) is 11.5 Å². The first-order chi connectivity index (χ1) is 8.19. The molecular weight excluding hydrogens is 190 g/mol. The second-order valence-corrected chi connectivity index (χ2v) is 3.66. The van der Waals surface area contributed by atoms with Gasteiger partial charge in [0, 0.05) is 8.78 Å². The minimum Gasteiger partial charge on any atom is -0.454 e. The molecule has 1 aromatic carbocycles. The monoisotopic (exact) mass is 209 g/mol. The van der Waals surface area contributed by atoms with Gasteiger partial charge in [-0.25, -0.2) is 0 Å². The highest BCUT2D eigenvalue weighted by atomic mass is 16.7. The Balaban J connectivity index is 2.02. The van der Waals surface area contributed by atoms with Crippen LogP contribution in [0.2, 0.25) is 0 Å². The third kappa shape index (κ3) is 2.23. The minimum atomic E-state index is -0.978. The van der Waals surface area contributed by atoms with Crippen molar-refractivity contribution >= 4 is 0 Å². The number of hydrogen-bond donors (Lipinski definition) is 1. The standard InChI is InChI=1S/C12H17NO2/c1-3-10(13-2)6-9-4-5-11-12(7-9)15-8-14-11/h4-5,7,10,13H,3,6,8H2,1-2H3/i2D2. The number of rotatable bonds is 4. The van der Waals surface area contributed by atoms with Crippen LogP contribution in [-0.2, 0) is 6.42 Å². The lowest BCUT2D eigenvalue weighted by Crippen LogP contribution is -2.26. The quantitative estimate of drug-likeness (QED) is 0.822. The van der Waals surface area contributed by atoms with E-state index in [1.807, 2.05) is 25.1 Å². The average molecular weight is 209 g/mol. The summed E-state index contributed by atoms with van der Waals surface area (Å²) in [7, 11) is 0. The highest BCUT2D eigenvalue weighted by Crippen LogP contribution is 2.32. The van der Waals surface area contributed by atoms with E-state index in [2.05, 4.69) is 5.32 Å². The van der Waals surface area contributed by atoms with Gasteiger partial charge in [-0.1, -0.05) is 13.0 Å². The first-order valence-corrected chi connectivity index (χ1v) is 5.18. The molecule has 3 heteroatoms. The Bertz CT molecular complexity index is 385. The predicted molar refractivity (Wildman–Crippen MR) is 59.4 cm³/mol. The Morgan fingerprint density at radius 3 is 3.13 bits per heavy atom. The summed E-state index contributed by atoms with van der Waals surface area (Å²) in [5.41, 5.74) is 1.13. The van der Waals surface area contributed by atoms with Crippen LogP contribution in [0, 0.1) is 0 Å². The molecule has 1 heterocycles. The molecule has 0 spiro atoms. The first-order valence-electron chi connectivity index (χ1n) is 6.33. The first kappa shape index (κ1) is 7.99. The SMILES string of the molecule is [2H]C([2H])NC(CC)Cc1ccc2c(c1)OCO2. The topological polar surface area (TPSA) is 30.5 Å². The number of likely N-dealkylation sites (N-methyl/N-ethyl adjacent to an activating group) is 1. The van der Waals surface area contributed by atoms with E-state index in [0.29, 0.717) is 0 Å². The van der Waals surface area contributed by atoms with Gasteiger partial charge in [0.05, 0.1) is 0 Å². The van der Waals surface area contributed by atoms with Crippen LogP contribution in [-0.4, -0.2) is 19.8 Å². The lowest BCUT2D eigenvalue weighted by molar-refractivity contribution is 0.174.